The molecule has 1 amide bonds. The number of rotatable bonds is 5. The fourth-order valence-corrected chi connectivity index (χ4v) is 3.69. The summed E-state index contributed by atoms with van der Waals surface area (Å²) in [7, 11) is 1.37. The van der Waals surface area contributed by atoms with Crippen molar-refractivity contribution in [3.8, 4) is 11.5 Å². The number of hydrogen-bond acceptors (Lipinski definition) is 5. The molecule has 0 spiro atoms. The average Bonchev–Trinajstić information content (AvgIpc) is 3.10. The van der Waals surface area contributed by atoms with Gasteiger partial charge >= 0.3 is 5.97 Å². The van der Waals surface area contributed by atoms with Gasteiger partial charge in [-0.2, -0.15) is 0 Å². The SMILES string of the molecule is COC(=O)CCN(C(=O)c1ccc2c(c1)OCO2)C1CCCCC1C. The largest absolute Gasteiger partial charge is 0.469 e. The van der Waals surface area contributed by atoms with Gasteiger partial charge in [0.05, 0.1) is 13.5 Å². The van der Waals surface area contributed by atoms with Gasteiger partial charge in [-0.25, -0.2) is 0 Å². The Morgan fingerprint density at radius 3 is 2.72 bits per heavy atom. The first-order valence-corrected chi connectivity index (χ1v) is 8.87. The van der Waals surface area contributed by atoms with Crippen molar-refractivity contribution in [3.05, 3.63) is 23.8 Å². The van der Waals surface area contributed by atoms with Crippen molar-refractivity contribution < 1.29 is 23.8 Å². The predicted molar refractivity (Wildman–Crippen MR) is 91.7 cm³/mol. The third-order valence-corrected chi connectivity index (χ3v) is 5.13. The van der Waals surface area contributed by atoms with E-state index < -0.39 is 0 Å². The maximum atomic E-state index is 13.2. The van der Waals surface area contributed by atoms with E-state index in [1.165, 1.54) is 13.5 Å². The standard InChI is InChI=1S/C19H25NO5/c1-13-5-3-4-6-15(13)20(10-9-18(21)23-2)19(22)14-7-8-16-17(11-14)25-12-24-16/h7-8,11,13,15H,3-6,9-10,12H2,1-2H3. The van der Waals surface area contributed by atoms with Crippen molar-refractivity contribution >= 4 is 11.9 Å². The molecular formula is C19H25NO5. The Balaban J connectivity index is 1.81. The normalized spacial score (nSPS) is 21.7. The van der Waals surface area contributed by atoms with Crippen LogP contribution in [0, 0.1) is 5.92 Å². The predicted octanol–water partition coefficient (Wildman–Crippen LogP) is 3.00. The molecule has 6 nitrogen and oxygen atoms in total. The van der Waals surface area contributed by atoms with Crippen LogP contribution < -0.4 is 9.47 Å². The number of carbonyl (C=O) groups excluding carboxylic acids is 2. The molecule has 0 bridgehead atoms. The molecule has 3 rings (SSSR count). The van der Waals surface area contributed by atoms with Crippen LogP contribution in [0.5, 0.6) is 11.5 Å². The molecule has 1 aliphatic carbocycles. The molecule has 1 aromatic carbocycles. The third-order valence-electron chi connectivity index (χ3n) is 5.13. The summed E-state index contributed by atoms with van der Waals surface area (Å²) in [6, 6.07) is 5.40. The van der Waals surface area contributed by atoms with E-state index in [2.05, 4.69) is 6.92 Å². The summed E-state index contributed by atoms with van der Waals surface area (Å²) in [4.78, 5) is 26.6. The maximum absolute atomic E-state index is 13.2. The van der Waals surface area contributed by atoms with E-state index in [1.54, 1.807) is 18.2 Å². The van der Waals surface area contributed by atoms with E-state index in [1.807, 2.05) is 4.90 Å². The average molecular weight is 347 g/mol. The van der Waals surface area contributed by atoms with E-state index in [9.17, 15) is 9.59 Å². The van der Waals surface area contributed by atoms with E-state index in [0.717, 1.165) is 19.3 Å². The van der Waals surface area contributed by atoms with Gasteiger partial charge in [0.15, 0.2) is 11.5 Å². The molecule has 0 radical (unpaired) electrons. The fourth-order valence-electron chi connectivity index (χ4n) is 3.69. The van der Waals surface area contributed by atoms with E-state index in [0.29, 0.717) is 29.5 Å². The highest BCUT2D eigenvalue weighted by Crippen LogP contribution is 2.34. The van der Waals surface area contributed by atoms with Crippen LogP contribution >= 0.6 is 0 Å². The van der Waals surface area contributed by atoms with Crippen molar-refractivity contribution in [1.29, 1.82) is 0 Å². The van der Waals surface area contributed by atoms with Gasteiger partial charge in [0, 0.05) is 18.2 Å². The summed E-state index contributed by atoms with van der Waals surface area (Å²) < 4.78 is 15.4. The van der Waals surface area contributed by atoms with Gasteiger partial charge in [-0.15, -0.1) is 0 Å². The van der Waals surface area contributed by atoms with Crippen LogP contribution in [-0.2, 0) is 9.53 Å². The molecular weight excluding hydrogens is 322 g/mol. The van der Waals surface area contributed by atoms with Crippen LogP contribution in [0.4, 0.5) is 0 Å². The number of hydrogen-bond donors (Lipinski definition) is 0. The van der Waals surface area contributed by atoms with Gasteiger partial charge in [0.1, 0.15) is 0 Å². The quantitative estimate of drug-likeness (QED) is 0.766. The number of ether oxygens (including phenoxy) is 3. The number of nitrogens with zero attached hydrogens (tertiary/aromatic N) is 1. The third kappa shape index (κ3) is 3.89. The fraction of sp³-hybridized carbons (Fsp3) is 0.579. The van der Waals surface area contributed by atoms with Crippen molar-refractivity contribution in [3.63, 3.8) is 0 Å². The first-order valence-electron chi connectivity index (χ1n) is 8.87. The highest BCUT2D eigenvalue weighted by Gasteiger charge is 2.32. The van der Waals surface area contributed by atoms with Gasteiger partial charge in [-0.3, -0.25) is 9.59 Å². The monoisotopic (exact) mass is 347 g/mol. The Labute approximate surface area is 148 Å². The lowest BCUT2D eigenvalue weighted by Crippen LogP contribution is -2.46. The molecule has 0 aromatic heterocycles. The molecule has 2 aliphatic rings. The zero-order valence-corrected chi connectivity index (χ0v) is 14.8. The molecule has 25 heavy (non-hydrogen) atoms. The molecule has 1 aromatic rings. The summed E-state index contributed by atoms with van der Waals surface area (Å²) in [5.74, 6) is 1.30. The molecule has 1 heterocycles. The van der Waals surface area contributed by atoms with Gasteiger partial charge in [0.25, 0.3) is 5.91 Å². The Morgan fingerprint density at radius 2 is 1.96 bits per heavy atom. The zero-order chi connectivity index (χ0) is 17.8. The lowest BCUT2D eigenvalue weighted by Gasteiger charge is -2.38. The van der Waals surface area contributed by atoms with Crippen molar-refractivity contribution in [1.82, 2.24) is 4.90 Å². The summed E-state index contributed by atoms with van der Waals surface area (Å²) >= 11 is 0. The van der Waals surface area contributed by atoms with Gasteiger partial charge in [-0.1, -0.05) is 19.8 Å². The lowest BCUT2D eigenvalue weighted by molar-refractivity contribution is -0.141. The number of carbonyl (C=O) groups is 2. The second-order valence-corrected chi connectivity index (χ2v) is 6.72. The highest BCUT2D eigenvalue weighted by atomic mass is 16.7. The minimum Gasteiger partial charge on any atom is -0.469 e. The van der Waals surface area contributed by atoms with Gasteiger partial charge in [0.2, 0.25) is 6.79 Å². The first kappa shape index (κ1) is 17.6. The number of amides is 1. The Hall–Kier alpha value is -2.24. The molecule has 6 heteroatoms. The zero-order valence-electron chi connectivity index (χ0n) is 14.8. The molecule has 0 N–H and O–H groups in total. The minimum atomic E-state index is -0.299. The summed E-state index contributed by atoms with van der Waals surface area (Å²) in [5, 5.41) is 0. The Bertz CT molecular complexity index is 645. The smallest absolute Gasteiger partial charge is 0.307 e. The molecule has 1 aliphatic heterocycles. The van der Waals surface area contributed by atoms with Crippen molar-refractivity contribution in [2.24, 2.45) is 5.92 Å². The Morgan fingerprint density at radius 1 is 1.20 bits per heavy atom. The van der Waals surface area contributed by atoms with Crippen LogP contribution in [0.3, 0.4) is 0 Å². The van der Waals surface area contributed by atoms with E-state index >= 15 is 0 Å². The molecule has 1 saturated carbocycles. The van der Waals surface area contributed by atoms with Crippen LogP contribution in [0.2, 0.25) is 0 Å². The van der Waals surface area contributed by atoms with Gasteiger partial charge in [-0.05, 0) is 37.0 Å². The lowest BCUT2D eigenvalue weighted by atomic mass is 9.84. The number of methoxy groups -OCH3 is 1. The van der Waals surface area contributed by atoms with Crippen LogP contribution in [0.1, 0.15) is 49.4 Å². The van der Waals surface area contributed by atoms with Crippen LogP contribution in [-0.4, -0.2) is 43.3 Å². The molecule has 2 unspecified atom stereocenters. The second kappa shape index (κ2) is 7.76. The summed E-state index contributed by atoms with van der Waals surface area (Å²) in [6.45, 7) is 2.73. The summed E-state index contributed by atoms with van der Waals surface area (Å²) in [5.41, 5.74) is 0.562. The number of fused-ring (bicyclic) bond motifs is 1. The first-order chi connectivity index (χ1) is 12.1. The number of esters is 1. The highest BCUT2D eigenvalue weighted by molar-refractivity contribution is 5.95. The van der Waals surface area contributed by atoms with E-state index in [4.69, 9.17) is 14.2 Å². The molecule has 1 fully saturated rings. The number of benzene rings is 1. The summed E-state index contributed by atoms with van der Waals surface area (Å²) in [6.07, 6.45) is 4.58. The second-order valence-electron chi connectivity index (χ2n) is 6.72. The minimum absolute atomic E-state index is 0.0686. The molecule has 0 saturated heterocycles. The Kier molecular flexibility index (Phi) is 5.46. The topological polar surface area (TPSA) is 65.1 Å². The van der Waals surface area contributed by atoms with E-state index in [-0.39, 0.29) is 31.1 Å². The van der Waals surface area contributed by atoms with Crippen molar-refractivity contribution in [2.45, 2.75) is 45.1 Å². The maximum Gasteiger partial charge on any atom is 0.307 e. The van der Waals surface area contributed by atoms with Gasteiger partial charge < -0.3 is 19.1 Å². The van der Waals surface area contributed by atoms with Crippen molar-refractivity contribution in [2.75, 3.05) is 20.4 Å². The molecule has 136 valence electrons. The van der Waals surface area contributed by atoms with Crippen LogP contribution in [0.15, 0.2) is 18.2 Å². The molecule has 2 atom stereocenters. The van der Waals surface area contributed by atoms with Crippen LogP contribution in [0.25, 0.3) is 0 Å².